The van der Waals surface area contributed by atoms with Gasteiger partial charge in [-0.25, -0.2) is 0 Å². The second kappa shape index (κ2) is 3.06. The molecule has 1 aromatic heterocycles. The van der Waals surface area contributed by atoms with E-state index in [1.54, 1.807) is 10.9 Å². The second-order valence-corrected chi connectivity index (χ2v) is 3.70. The molecule has 1 heterocycles. The third-order valence-corrected chi connectivity index (χ3v) is 2.45. The fourth-order valence-corrected chi connectivity index (χ4v) is 1.16. The highest BCUT2D eigenvalue weighted by atomic mass is 16.2. The molecule has 14 heavy (non-hydrogen) atoms. The summed E-state index contributed by atoms with van der Waals surface area (Å²) in [6.45, 7) is 0.383. The first-order valence-corrected chi connectivity index (χ1v) is 4.52. The van der Waals surface area contributed by atoms with Crippen LogP contribution in [-0.4, -0.2) is 26.2 Å². The van der Waals surface area contributed by atoms with Gasteiger partial charge in [0.1, 0.15) is 6.33 Å². The molecule has 6 nitrogen and oxygen atoms in total. The summed E-state index contributed by atoms with van der Waals surface area (Å²) in [7, 11) is 1.83. The average Bonchev–Trinajstić information content (AvgIpc) is 2.77. The Morgan fingerprint density at radius 2 is 2.50 bits per heavy atom. The molecule has 1 aromatic rings. The molecule has 6 heteroatoms. The smallest absolute Gasteiger partial charge is 0.240 e. The minimum absolute atomic E-state index is 0.0968. The van der Waals surface area contributed by atoms with Crippen LogP contribution in [0.3, 0.4) is 0 Å². The zero-order chi connectivity index (χ0) is 10.2. The monoisotopic (exact) mass is 195 g/mol. The topological polar surface area (TPSA) is 85.8 Å². The highest BCUT2D eigenvalue weighted by Crippen LogP contribution is 2.32. The largest absolute Gasteiger partial charge is 0.347 e. The predicted octanol–water partition coefficient (Wildman–Crippen LogP) is -1.08. The molecule has 1 saturated carbocycles. The van der Waals surface area contributed by atoms with Crippen molar-refractivity contribution in [2.75, 3.05) is 0 Å². The van der Waals surface area contributed by atoms with E-state index >= 15 is 0 Å². The molecule has 1 aliphatic carbocycles. The molecule has 0 aliphatic heterocycles. The summed E-state index contributed by atoms with van der Waals surface area (Å²) in [5.41, 5.74) is 5.10. The minimum atomic E-state index is -0.613. The SMILES string of the molecule is Cn1cnnc1CNC(=O)C1(N)CC1. The van der Waals surface area contributed by atoms with E-state index in [0.717, 1.165) is 18.7 Å². The van der Waals surface area contributed by atoms with Crippen molar-refractivity contribution in [2.24, 2.45) is 12.8 Å². The Morgan fingerprint density at radius 3 is 3.00 bits per heavy atom. The number of nitrogens with two attached hydrogens (primary N) is 1. The first kappa shape index (κ1) is 9.14. The van der Waals surface area contributed by atoms with E-state index in [1.807, 2.05) is 7.05 Å². The summed E-state index contributed by atoms with van der Waals surface area (Å²) in [5.74, 6) is 0.628. The maximum absolute atomic E-state index is 11.4. The molecule has 0 unspecified atom stereocenters. The highest BCUT2D eigenvalue weighted by Gasteiger charge is 2.45. The molecule has 3 N–H and O–H groups in total. The molecule has 0 atom stereocenters. The minimum Gasteiger partial charge on any atom is -0.347 e. The van der Waals surface area contributed by atoms with Gasteiger partial charge in [-0.3, -0.25) is 4.79 Å². The van der Waals surface area contributed by atoms with Crippen molar-refractivity contribution in [3.05, 3.63) is 12.2 Å². The van der Waals surface area contributed by atoms with E-state index in [-0.39, 0.29) is 5.91 Å². The molecule has 1 amide bonds. The molecule has 0 aromatic carbocycles. The van der Waals surface area contributed by atoms with E-state index in [2.05, 4.69) is 15.5 Å². The molecule has 2 rings (SSSR count). The van der Waals surface area contributed by atoms with Crippen molar-refractivity contribution >= 4 is 5.91 Å². The summed E-state index contributed by atoms with van der Waals surface area (Å²) in [4.78, 5) is 11.4. The molecule has 1 fully saturated rings. The number of aromatic nitrogens is 3. The van der Waals surface area contributed by atoms with Crippen molar-refractivity contribution < 1.29 is 4.79 Å². The van der Waals surface area contributed by atoms with Gasteiger partial charge < -0.3 is 15.6 Å². The zero-order valence-corrected chi connectivity index (χ0v) is 8.03. The number of amides is 1. The van der Waals surface area contributed by atoms with Gasteiger partial charge in [0.25, 0.3) is 0 Å². The normalized spacial score (nSPS) is 17.9. The van der Waals surface area contributed by atoms with E-state index in [1.165, 1.54) is 0 Å². The van der Waals surface area contributed by atoms with Crippen LogP contribution in [0.1, 0.15) is 18.7 Å². The Hall–Kier alpha value is -1.43. The predicted molar refractivity (Wildman–Crippen MR) is 49.0 cm³/mol. The van der Waals surface area contributed by atoms with Gasteiger partial charge in [-0.05, 0) is 12.8 Å². The Morgan fingerprint density at radius 1 is 1.79 bits per heavy atom. The zero-order valence-electron chi connectivity index (χ0n) is 8.03. The maximum Gasteiger partial charge on any atom is 0.240 e. The number of nitrogens with one attached hydrogen (secondary N) is 1. The molecular formula is C8H13N5O. The van der Waals surface area contributed by atoms with Gasteiger partial charge in [-0.15, -0.1) is 10.2 Å². The van der Waals surface area contributed by atoms with Crippen LogP contribution < -0.4 is 11.1 Å². The van der Waals surface area contributed by atoms with Crippen LogP contribution in [0.25, 0.3) is 0 Å². The molecular weight excluding hydrogens is 182 g/mol. The molecule has 0 bridgehead atoms. The van der Waals surface area contributed by atoms with E-state index in [0.29, 0.717) is 6.54 Å². The van der Waals surface area contributed by atoms with E-state index in [4.69, 9.17) is 5.73 Å². The average molecular weight is 195 g/mol. The third kappa shape index (κ3) is 1.60. The Kier molecular flexibility index (Phi) is 1.99. The lowest BCUT2D eigenvalue weighted by Crippen LogP contribution is -2.42. The summed E-state index contributed by atoms with van der Waals surface area (Å²) in [5, 5.41) is 10.3. The lowest BCUT2D eigenvalue weighted by atomic mass is 10.3. The number of nitrogens with zero attached hydrogens (tertiary/aromatic N) is 3. The van der Waals surface area contributed by atoms with Crippen molar-refractivity contribution in [3.63, 3.8) is 0 Å². The van der Waals surface area contributed by atoms with Gasteiger partial charge in [0.2, 0.25) is 5.91 Å². The number of hydrogen-bond donors (Lipinski definition) is 2. The van der Waals surface area contributed by atoms with Gasteiger partial charge in [-0.1, -0.05) is 0 Å². The highest BCUT2D eigenvalue weighted by molar-refractivity contribution is 5.88. The molecule has 0 radical (unpaired) electrons. The molecule has 0 spiro atoms. The van der Waals surface area contributed by atoms with Crippen LogP contribution in [0.4, 0.5) is 0 Å². The fourth-order valence-electron chi connectivity index (χ4n) is 1.16. The van der Waals surface area contributed by atoms with Crippen molar-refractivity contribution in [2.45, 2.75) is 24.9 Å². The van der Waals surface area contributed by atoms with Crippen molar-refractivity contribution in [3.8, 4) is 0 Å². The van der Waals surface area contributed by atoms with Gasteiger partial charge in [-0.2, -0.15) is 0 Å². The van der Waals surface area contributed by atoms with Crippen LogP contribution in [0.15, 0.2) is 6.33 Å². The number of carbonyl (C=O) groups is 1. The lowest BCUT2D eigenvalue weighted by Gasteiger charge is -2.08. The van der Waals surface area contributed by atoms with E-state index in [9.17, 15) is 4.79 Å². The van der Waals surface area contributed by atoms with Crippen LogP contribution in [0.5, 0.6) is 0 Å². The van der Waals surface area contributed by atoms with Gasteiger partial charge in [0.15, 0.2) is 5.82 Å². The maximum atomic E-state index is 11.4. The van der Waals surface area contributed by atoms with Crippen molar-refractivity contribution in [1.82, 2.24) is 20.1 Å². The molecule has 0 saturated heterocycles. The second-order valence-electron chi connectivity index (χ2n) is 3.70. The van der Waals surface area contributed by atoms with Crippen molar-refractivity contribution in [1.29, 1.82) is 0 Å². The standard InChI is InChI=1S/C8H13N5O/c1-13-5-11-12-6(13)4-10-7(14)8(9)2-3-8/h5H,2-4,9H2,1H3,(H,10,14). The quantitative estimate of drug-likeness (QED) is 0.642. The van der Waals surface area contributed by atoms with Crippen LogP contribution >= 0.6 is 0 Å². The Balaban J connectivity index is 1.89. The lowest BCUT2D eigenvalue weighted by molar-refractivity contribution is -0.123. The molecule has 1 aliphatic rings. The first-order valence-electron chi connectivity index (χ1n) is 4.52. The van der Waals surface area contributed by atoms with Gasteiger partial charge >= 0.3 is 0 Å². The number of rotatable bonds is 3. The Labute approximate surface area is 81.5 Å². The van der Waals surface area contributed by atoms with E-state index < -0.39 is 5.54 Å². The Bertz CT molecular complexity index is 354. The van der Waals surface area contributed by atoms with Crippen LogP contribution in [-0.2, 0) is 18.4 Å². The van der Waals surface area contributed by atoms with Crippen LogP contribution in [0.2, 0.25) is 0 Å². The molecule has 76 valence electrons. The summed E-state index contributed by atoms with van der Waals surface area (Å²) >= 11 is 0. The summed E-state index contributed by atoms with van der Waals surface area (Å²) < 4.78 is 1.76. The van der Waals surface area contributed by atoms with Crippen LogP contribution in [0, 0.1) is 0 Å². The first-order chi connectivity index (χ1) is 6.62. The third-order valence-electron chi connectivity index (χ3n) is 2.45. The number of hydrogen-bond acceptors (Lipinski definition) is 4. The van der Waals surface area contributed by atoms with Gasteiger partial charge in [0, 0.05) is 7.05 Å². The van der Waals surface area contributed by atoms with Gasteiger partial charge in [0.05, 0.1) is 12.1 Å². The summed E-state index contributed by atoms with van der Waals surface area (Å²) in [6, 6.07) is 0. The fraction of sp³-hybridized carbons (Fsp3) is 0.625. The number of carbonyl (C=O) groups excluding carboxylic acids is 1. The summed E-state index contributed by atoms with van der Waals surface area (Å²) in [6.07, 6.45) is 3.14. The number of aryl methyl sites for hydroxylation is 1.